The van der Waals surface area contributed by atoms with Crippen LogP contribution in [0.5, 0.6) is 0 Å². The summed E-state index contributed by atoms with van der Waals surface area (Å²) in [6.07, 6.45) is 2.64. The van der Waals surface area contributed by atoms with Crippen molar-refractivity contribution >= 4 is 0 Å². The highest BCUT2D eigenvalue weighted by Crippen LogP contribution is 2.60. The van der Waals surface area contributed by atoms with Gasteiger partial charge in [-0.2, -0.15) is 0 Å². The van der Waals surface area contributed by atoms with E-state index in [0.717, 1.165) is 43.2 Å². The zero-order chi connectivity index (χ0) is 16.0. The lowest BCUT2D eigenvalue weighted by atomic mass is 9.80. The highest BCUT2D eigenvalue weighted by molar-refractivity contribution is 5.06. The van der Waals surface area contributed by atoms with Gasteiger partial charge in [0, 0.05) is 0 Å². The zero-order valence-corrected chi connectivity index (χ0v) is 14.8. The molecule has 1 aliphatic heterocycles. The Morgan fingerprint density at radius 2 is 1.86 bits per heavy atom. The van der Waals surface area contributed by atoms with Crippen molar-refractivity contribution in [3.8, 4) is 0 Å². The normalized spacial score (nSPS) is 40.8. The van der Waals surface area contributed by atoms with E-state index in [2.05, 4.69) is 27.8 Å². The number of aliphatic hydroxyl groups is 1. The Morgan fingerprint density at radius 3 is 2.45 bits per heavy atom. The van der Waals surface area contributed by atoms with E-state index in [1.54, 1.807) is 0 Å². The molecule has 5 unspecified atom stereocenters. The number of quaternary nitrogens is 1. The molecule has 1 heterocycles. The number of aliphatic hydroxyl groups excluding tert-OH is 1. The van der Waals surface area contributed by atoms with Crippen molar-refractivity contribution in [2.45, 2.75) is 45.8 Å². The standard InChI is InChI=1S/C18H34NO3/c1-13-15-5-6-16(18(15,2)3)17(13)22-12-14(20)11-19(4)7-9-21-10-8-19/h13-17,20H,5-12H2,1-4H3/q+1. The molecule has 0 radical (unpaired) electrons. The minimum atomic E-state index is -0.363. The van der Waals surface area contributed by atoms with Gasteiger partial charge in [-0.3, -0.25) is 0 Å². The van der Waals surface area contributed by atoms with Crippen molar-refractivity contribution < 1.29 is 19.1 Å². The number of fused-ring (bicyclic) bond motifs is 2. The lowest BCUT2D eigenvalue weighted by molar-refractivity contribution is -0.919. The summed E-state index contributed by atoms with van der Waals surface area (Å²) in [5.74, 6) is 2.10. The van der Waals surface area contributed by atoms with Gasteiger partial charge in [-0.25, -0.2) is 0 Å². The Hall–Kier alpha value is -0.160. The second-order valence-electron chi connectivity index (χ2n) is 8.78. The van der Waals surface area contributed by atoms with Gasteiger partial charge in [0.1, 0.15) is 25.7 Å². The molecule has 1 saturated heterocycles. The molecule has 3 aliphatic rings. The highest BCUT2D eigenvalue weighted by atomic mass is 16.5. The molecule has 3 rings (SSSR count). The molecule has 3 fully saturated rings. The van der Waals surface area contributed by atoms with Crippen molar-refractivity contribution in [3.05, 3.63) is 0 Å². The van der Waals surface area contributed by atoms with E-state index in [1.807, 2.05) is 0 Å². The van der Waals surface area contributed by atoms with Crippen LogP contribution in [-0.4, -0.2) is 68.3 Å². The Labute approximate surface area is 135 Å². The first kappa shape index (κ1) is 16.7. The van der Waals surface area contributed by atoms with Crippen LogP contribution in [0.4, 0.5) is 0 Å². The summed E-state index contributed by atoms with van der Waals surface area (Å²) in [4.78, 5) is 0. The predicted molar refractivity (Wildman–Crippen MR) is 86.5 cm³/mol. The van der Waals surface area contributed by atoms with E-state index in [4.69, 9.17) is 9.47 Å². The second kappa shape index (κ2) is 6.04. The Balaban J connectivity index is 1.50. The Bertz CT molecular complexity index is 392. The number of morpholine rings is 1. The lowest BCUT2D eigenvalue weighted by Gasteiger charge is -2.39. The van der Waals surface area contributed by atoms with Crippen LogP contribution in [0.3, 0.4) is 0 Å². The van der Waals surface area contributed by atoms with Crippen LogP contribution in [0.25, 0.3) is 0 Å². The summed E-state index contributed by atoms with van der Waals surface area (Å²) in [7, 11) is 2.22. The smallest absolute Gasteiger partial charge is 0.126 e. The minimum absolute atomic E-state index is 0.346. The minimum Gasteiger partial charge on any atom is -0.385 e. The molecule has 2 bridgehead atoms. The molecule has 2 aliphatic carbocycles. The van der Waals surface area contributed by atoms with E-state index in [1.165, 1.54) is 12.8 Å². The summed E-state index contributed by atoms with van der Waals surface area (Å²) >= 11 is 0. The second-order valence-corrected chi connectivity index (χ2v) is 8.78. The number of nitrogens with zero attached hydrogens (tertiary/aromatic N) is 1. The molecule has 128 valence electrons. The Morgan fingerprint density at radius 1 is 1.23 bits per heavy atom. The van der Waals surface area contributed by atoms with E-state index in [-0.39, 0.29) is 6.10 Å². The fraction of sp³-hybridized carbons (Fsp3) is 1.00. The first-order chi connectivity index (χ1) is 10.3. The van der Waals surface area contributed by atoms with E-state index in [0.29, 0.717) is 30.0 Å². The molecule has 5 atom stereocenters. The molecular weight excluding hydrogens is 278 g/mol. The maximum absolute atomic E-state index is 10.4. The van der Waals surface area contributed by atoms with Crippen LogP contribution < -0.4 is 0 Å². The molecule has 4 heteroatoms. The first-order valence-corrected chi connectivity index (χ1v) is 9.04. The summed E-state index contributed by atoms with van der Waals surface area (Å²) < 4.78 is 12.6. The first-order valence-electron chi connectivity index (χ1n) is 9.04. The molecule has 1 N–H and O–H groups in total. The van der Waals surface area contributed by atoms with Gasteiger partial charge in [0.2, 0.25) is 0 Å². The highest BCUT2D eigenvalue weighted by Gasteiger charge is 2.57. The summed E-state index contributed by atoms with van der Waals surface area (Å²) in [6.45, 7) is 12.0. The van der Waals surface area contributed by atoms with Crippen LogP contribution in [0.2, 0.25) is 0 Å². The lowest BCUT2D eigenvalue weighted by Crippen LogP contribution is -2.56. The maximum Gasteiger partial charge on any atom is 0.126 e. The van der Waals surface area contributed by atoms with Gasteiger partial charge in [-0.15, -0.1) is 0 Å². The topological polar surface area (TPSA) is 38.7 Å². The van der Waals surface area contributed by atoms with Crippen LogP contribution in [0, 0.1) is 23.2 Å². The van der Waals surface area contributed by atoms with Crippen LogP contribution in [0.1, 0.15) is 33.6 Å². The van der Waals surface area contributed by atoms with Gasteiger partial charge in [0.15, 0.2) is 0 Å². The summed E-state index contributed by atoms with van der Waals surface area (Å²) in [6, 6.07) is 0. The van der Waals surface area contributed by atoms with Crippen molar-refractivity contribution in [2.24, 2.45) is 23.2 Å². The van der Waals surface area contributed by atoms with Crippen LogP contribution in [0.15, 0.2) is 0 Å². The molecule has 0 spiro atoms. The number of rotatable bonds is 5. The monoisotopic (exact) mass is 312 g/mol. The van der Waals surface area contributed by atoms with Crippen molar-refractivity contribution in [1.82, 2.24) is 0 Å². The molecule has 0 aromatic carbocycles. The molecule has 22 heavy (non-hydrogen) atoms. The van der Waals surface area contributed by atoms with Gasteiger partial charge in [-0.05, 0) is 36.0 Å². The van der Waals surface area contributed by atoms with E-state index >= 15 is 0 Å². The van der Waals surface area contributed by atoms with Crippen LogP contribution in [-0.2, 0) is 9.47 Å². The quantitative estimate of drug-likeness (QED) is 0.788. The summed E-state index contributed by atoms with van der Waals surface area (Å²) in [5, 5.41) is 10.4. The zero-order valence-electron chi connectivity index (χ0n) is 14.8. The number of ether oxygens (including phenoxy) is 2. The fourth-order valence-corrected chi connectivity index (χ4v) is 5.52. The Kier molecular flexibility index (Phi) is 4.59. The third-order valence-electron chi connectivity index (χ3n) is 6.93. The molecule has 0 aromatic heterocycles. The van der Waals surface area contributed by atoms with Gasteiger partial charge in [0.25, 0.3) is 0 Å². The van der Waals surface area contributed by atoms with Crippen molar-refractivity contribution in [2.75, 3.05) is 46.5 Å². The molecular formula is C18H34NO3+. The number of hydrogen-bond donors (Lipinski definition) is 1. The van der Waals surface area contributed by atoms with Crippen LogP contribution >= 0.6 is 0 Å². The van der Waals surface area contributed by atoms with Gasteiger partial charge in [0.05, 0.1) is 33.0 Å². The van der Waals surface area contributed by atoms with Crippen molar-refractivity contribution in [1.29, 1.82) is 0 Å². The fourth-order valence-electron chi connectivity index (χ4n) is 5.52. The third-order valence-corrected chi connectivity index (χ3v) is 6.93. The maximum atomic E-state index is 10.4. The SMILES string of the molecule is CC1C(OCC(O)C[N+]2(C)CCOCC2)C2CCC1C2(C)C. The number of likely N-dealkylation sites (N-methyl/N-ethyl adjacent to an activating group) is 1. The molecule has 0 aromatic rings. The van der Waals surface area contributed by atoms with Crippen molar-refractivity contribution in [3.63, 3.8) is 0 Å². The number of hydrogen-bond acceptors (Lipinski definition) is 3. The van der Waals surface area contributed by atoms with E-state index in [9.17, 15) is 5.11 Å². The van der Waals surface area contributed by atoms with Gasteiger partial charge in [-0.1, -0.05) is 20.8 Å². The largest absolute Gasteiger partial charge is 0.385 e. The average Bonchev–Trinajstić information content (AvgIpc) is 2.83. The average molecular weight is 312 g/mol. The molecule has 0 amide bonds. The molecule has 4 nitrogen and oxygen atoms in total. The predicted octanol–water partition coefficient (Wildman–Crippen LogP) is 1.91. The van der Waals surface area contributed by atoms with Gasteiger partial charge >= 0.3 is 0 Å². The van der Waals surface area contributed by atoms with Gasteiger partial charge < -0.3 is 19.1 Å². The summed E-state index contributed by atoms with van der Waals surface area (Å²) in [5.41, 5.74) is 0.414. The third kappa shape index (κ3) is 2.95. The molecule has 2 saturated carbocycles. The van der Waals surface area contributed by atoms with E-state index < -0.39 is 0 Å².